The Morgan fingerprint density at radius 2 is 1.68 bits per heavy atom. The Morgan fingerprint density at radius 1 is 0.935 bits per heavy atom. The van der Waals surface area contributed by atoms with Gasteiger partial charge in [-0.15, -0.1) is 0 Å². The molecule has 2 aromatic carbocycles. The SMILES string of the molecule is O=C(c1cc2cc(Cl)ccc2[nH]1)N1CCN(S(=O)(=O)c2ccc3c(c2)OCCO3)CC1. The number of hydrogen-bond donors (Lipinski definition) is 1. The van der Waals surface area contributed by atoms with Crippen LogP contribution in [0.15, 0.2) is 47.4 Å². The molecule has 1 N–H and O–H groups in total. The highest BCUT2D eigenvalue weighted by Gasteiger charge is 2.31. The molecule has 3 aromatic rings. The second-order valence-corrected chi connectivity index (χ2v) is 9.79. The van der Waals surface area contributed by atoms with Gasteiger partial charge in [-0.2, -0.15) is 4.31 Å². The van der Waals surface area contributed by atoms with E-state index in [4.69, 9.17) is 21.1 Å². The number of aromatic amines is 1. The van der Waals surface area contributed by atoms with E-state index < -0.39 is 10.0 Å². The first-order valence-electron chi connectivity index (χ1n) is 9.89. The number of aromatic nitrogens is 1. The van der Waals surface area contributed by atoms with E-state index in [1.807, 2.05) is 6.07 Å². The Balaban J connectivity index is 1.29. The van der Waals surface area contributed by atoms with Crippen LogP contribution in [0.1, 0.15) is 10.5 Å². The van der Waals surface area contributed by atoms with Crippen molar-refractivity contribution in [3.63, 3.8) is 0 Å². The maximum absolute atomic E-state index is 13.1. The van der Waals surface area contributed by atoms with Gasteiger partial charge in [-0.3, -0.25) is 4.79 Å². The number of carbonyl (C=O) groups excluding carboxylic acids is 1. The Bertz CT molecular complexity index is 1270. The number of carbonyl (C=O) groups is 1. The topological polar surface area (TPSA) is 91.9 Å². The van der Waals surface area contributed by atoms with Crippen LogP contribution in [0, 0.1) is 0 Å². The van der Waals surface area contributed by atoms with Crippen molar-refractivity contribution in [2.75, 3.05) is 39.4 Å². The summed E-state index contributed by atoms with van der Waals surface area (Å²) in [5.41, 5.74) is 1.29. The number of rotatable bonds is 3. The van der Waals surface area contributed by atoms with Gasteiger partial charge in [0.05, 0.1) is 4.90 Å². The van der Waals surface area contributed by atoms with E-state index in [0.717, 1.165) is 10.9 Å². The number of nitrogens with one attached hydrogen (secondary N) is 1. The number of hydrogen-bond acceptors (Lipinski definition) is 5. The lowest BCUT2D eigenvalue weighted by Gasteiger charge is -2.34. The molecule has 0 radical (unpaired) electrons. The van der Waals surface area contributed by atoms with Gasteiger partial charge >= 0.3 is 0 Å². The zero-order chi connectivity index (χ0) is 21.6. The lowest BCUT2D eigenvalue weighted by atomic mass is 10.2. The molecular formula is C21H20ClN3O5S. The summed E-state index contributed by atoms with van der Waals surface area (Å²) in [4.78, 5) is 17.8. The summed E-state index contributed by atoms with van der Waals surface area (Å²) >= 11 is 6.02. The van der Waals surface area contributed by atoms with E-state index in [-0.39, 0.29) is 23.9 Å². The van der Waals surface area contributed by atoms with E-state index in [0.29, 0.717) is 48.5 Å². The van der Waals surface area contributed by atoms with E-state index >= 15 is 0 Å². The highest BCUT2D eigenvalue weighted by molar-refractivity contribution is 7.89. The molecule has 0 saturated carbocycles. The molecule has 2 aliphatic rings. The fourth-order valence-electron chi connectivity index (χ4n) is 3.85. The molecule has 2 aliphatic heterocycles. The first kappa shape index (κ1) is 20.2. The smallest absolute Gasteiger partial charge is 0.270 e. The van der Waals surface area contributed by atoms with Crippen LogP contribution in [-0.2, 0) is 10.0 Å². The van der Waals surface area contributed by atoms with Gasteiger partial charge in [0, 0.05) is 48.2 Å². The largest absolute Gasteiger partial charge is 0.486 e. The predicted octanol–water partition coefficient (Wildman–Crippen LogP) is 2.74. The molecule has 1 aromatic heterocycles. The number of fused-ring (bicyclic) bond motifs is 2. The molecule has 31 heavy (non-hydrogen) atoms. The molecule has 5 rings (SSSR count). The lowest BCUT2D eigenvalue weighted by Crippen LogP contribution is -2.50. The standard InChI is InChI=1S/C21H20ClN3O5S/c22-15-1-3-17-14(11-15)12-18(23-17)21(26)24-5-7-25(8-6-24)31(27,28)16-2-4-19-20(13-16)30-10-9-29-19/h1-4,11-13,23H,5-10H2. The number of nitrogens with zero attached hydrogens (tertiary/aromatic N) is 2. The van der Waals surface area contributed by atoms with Crippen molar-refractivity contribution < 1.29 is 22.7 Å². The number of amides is 1. The summed E-state index contributed by atoms with van der Waals surface area (Å²) in [6.07, 6.45) is 0. The van der Waals surface area contributed by atoms with E-state index in [9.17, 15) is 13.2 Å². The molecule has 10 heteroatoms. The molecule has 0 spiro atoms. The molecule has 162 valence electrons. The van der Waals surface area contributed by atoms with Gasteiger partial charge in [-0.1, -0.05) is 11.6 Å². The van der Waals surface area contributed by atoms with Crippen molar-refractivity contribution in [3.05, 3.63) is 53.2 Å². The third-order valence-corrected chi connectivity index (χ3v) is 7.62. The number of H-pyrrole nitrogens is 1. The minimum absolute atomic E-state index is 0.157. The fraction of sp³-hybridized carbons (Fsp3) is 0.286. The number of halogens is 1. The van der Waals surface area contributed by atoms with Crippen LogP contribution in [0.25, 0.3) is 10.9 Å². The van der Waals surface area contributed by atoms with Crippen molar-refractivity contribution in [2.45, 2.75) is 4.90 Å². The minimum Gasteiger partial charge on any atom is -0.486 e. The quantitative estimate of drug-likeness (QED) is 0.647. The van der Waals surface area contributed by atoms with Gasteiger partial charge in [-0.05, 0) is 36.4 Å². The molecule has 0 aliphatic carbocycles. The highest BCUT2D eigenvalue weighted by Crippen LogP contribution is 2.33. The van der Waals surface area contributed by atoms with Crippen molar-refractivity contribution in [1.82, 2.24) is 14.2 Å². The van der Waals surface area contributed by atoms with Crippen LogP contribution in [0.5, 0.6) is 11.5 Å². The molecule has 1 amide bonds. The van der Waals surface area contributed by atoms with Gasteiger partial charge in [0.1, 0.15) is 18.9 Å². The Morgan fingerprint density at radius 3 is 2.45 bits per heavy atom. The molecule has 3 heterocycles. The maximum Gasteiger partial charge on any atom is 0.270 e. The Kier molecular flexibility index (Phi) is 5.04. The summed E-state index contributed by atoms with van der Waals surface area (Å²) in [6.45, 7) is 1.87. The van der Waals surface area contributed by atoms with Crippen LogP contribution >= 0.6 is 11.6 Å². The monoisotopic (exact) mass is 461 g/mol. The van der Waals surface area contributed by atoms with Crippen LogP contribution < -0.4 is 9.47 Å². The molecule has 0 bridgehead atoms. The van der Waals surface area contributed by atoms with Crippen LogP contribution in [0.3, 0.4) is 0 Å². The zero-order valence-corrected chi connectivity index (χ0v) is 18.1. The van der Waals surface area contributed by atoms with Crippen molar-refractivity contribution in [1.29, 1.82) is 0 Å². The summed E-state index contributed by atoms with van der Waals surface area (Å²) in [6, 6.07) is 11.8. The first-order chi connectivity index (χ1) is 14.9. The average molecular weight is 462 g/mol. The predicted molar refractivity (Wildman–Crippen MR) is 115 cm³/mol. The third kappa shape index (κ3) is 3.73. The van der Waals surface area contributed by atoms with Gasteiger partial charge in [-0.25, -0.2) is 8.42 Å². The van der Waals surface area contributed by atoms with Crippen molar-refractivity contribution in [3.8, 4) is 11.5 Å². The van der Waals surface area contributed by atoms with Crippen LogP contribution in [0.4, 0.5) is 0 Å². The second-order valence-electron chi connectivity index (χ2n) is 7.42. The molecule has 1 fully saturated rings. The molecule has 0 atom stereocenters. The fourth-order valence-corrected chi connectivity index (χ4v) is 5.47. The van der Waals surface area contributed by atoms with Crippen molar-refractivity contribution >= 4 is 38.4 Å². The highest BCUT2D eigenvalue weighted by atomic mass is 35.5. The number of ether oxygens (including phenoxy) is 2. The average Bonchev–Trinajstić information content (AvgIpc) is 3.21. The third-order valence-electron chi connectivity index (χ3n) is 5.49. The minimum atomic E-state index is -3.70. The van der Waals surface area contributed by atoms with Crippen molar-refractivity contribution in [2.24, 2.45) is 0 Å². The van der Waals surface area contributed by atoms with E-state index in [1.54, 1.807) is 29.2 Å². The normalized spacial score (nSPS) is 17.1. The summed E-state index contributed by atoms with van der Waals surface area (Å²) in [7, 11) is -3.70. The summed E-state index contributed by atoms with van der Waals surface area (Å²) in [5, 5.41) is 1.46. The van der Waals surface area contributed by atoms with Gasteiger partial charge in [0.25, 0.3) is 5.91 Å². The van der Waals surface area contributed by atoms with Gasteiger partial charge in [0.2, 0.25) is 10.0 Å². The number of piperazine rings is 1. The van der Waals surface area contributed by atoms with Crippen LogP contribution in [-0.4, -0.2) is 67.9 Å². The summed E-state index contributed by atoms with van der Waals surface area (Å²) in [5.74, 6) is 0.809. The number of sulfonamides is 1. The lowest BCUT2D eigenvalue weighted by molar-refractivity contribution is 0.0693. The maximum atomic E-state index is 13.1. The molecule has 0 unspecified atom stereocenters. The Hall–Kier alpha value is -2.75. The summed E-state index contributed by atoms with van der Waals surface area (Å²) < 4.78 is 38.5. The van der Waals surface area contributed by atoms with Gasteiger partial charge < -0.3 is 19.4 Å². The second kappa shape index (κ2) is 7.74. The number of benzene rings is 2. The molecular weight excluding hydrogens is 442 g/mol. The van der Waals surface area contributed by atoms with E-state index in [2.05, 4.69) is 4.98 Å². The van der Waals surface area contributed by atoms with Gasteiger partial charge in [0.15, 0.2) is 11.5 Å². The molecule has 8 nitrogen and oxygen atoms in total. The first-order valence-corrected chi connectivity index (χ1v) is 11.7. The Labute approximate surface area is 184 Å². The van der Waals surface area contributed by atoms with Crippen LogP contribution in [0.2, 0.25) is 5.02 Å². The molecule has 1 saturated heterocycles. The van der Waals surface area contributed by atoms with E-state index in [1.165, 1.54) is 16.4 Å². The zero-order valence-electron chi connectivity index (χ0n) is 16.5.